The minimum Gasteiger partial charge on any atom is -0.489 e. The first kappa shape index (κ1) is 26.3. The summed E-state index contributed by atoms with van der Waals surface area (Å²) in [4.78, 5) is 9.41. The summed E-state index contributed by atoms with van der Waals surface area (Å²) in [7, 11) is -1.80. The molecule has 40 heavy (non-hydrogen) atoms. The second-order valence-electron chi connectivity index (χ2n) is 10.3. The lowest BCUT2D eigenvalue weighted by atomic mass is 10.0. The van der Waals surface area contributed by atoms with E-state index in [1.165, 1.54) is 3.97 Å². The molecule has 0 atom stereocenters. The molecule has 0 bridgehead atoms. The zero-order chi connectivity index (χ0) is 27.7. The lowest BCUT2D eigenvalue weighted by molar-refractivity contribution is 0.0254. The molecule has 6 rings (SSSR count). The highest BCUT2D eigenvalue weighted by molar-refractivity contribution is 7.90. The summed E-state index contributed by atoms with van der Waals surface area (Å²) in [5, 5.41) is 10.7. The first-order valence-corrected chi connectivity index (χ1v) is 14.9. The Morgan fingerprint density at radius 1 is 1.02 bits per heavy atom. The molecule has 0 saturated carbocycles. The molecule has 4 heterocycles. The van der Waals surface area contributed by atoms with Gasteiger partial charge in [-0.05, 0) is 42.9 Å². The number of rotatable bonds is 6. The molecule has 2 fully saturated rings. The highest BCUT2D eigenvalue weighted by atomic mass is 32.2. The van der Waals surface area contributed by atoms with E-state index in [-0.39, 0.29) is 11.0 Å². The molecule has 2 aliphatic rings. The number of aromatic nitrogens is 2. The summed E-state index contributed by atoms with van der Waals surface area (Å²) in [5.41, 5.74) is 3.10. The standard InChI is InChI=1S/C30H31N5O4S/c1-33-11-13-34(14-12-33)24-18-27-28(21-35(30(27)32-20-24)40(36,37)26-5-3-2-4-6-26)22-7-8-29(23(17-22)19-31)39-25-9-15-38-16-10-25/h2-8,17-18,20-21,25H,9-16H2,1H3. The maximum atomic E-state index is 13.7. The summed E-state index contributed by atoms with van der Waals surface area (Å²) in [5.74, 6) is 0.523. The number of fused-ring (bicyclic) bond motifs is 1. The van der Waals surface area contributed by atoms with Crippen LogP contribution in [0.15, 0.2) is 71.9 Å². The molecule has 10 heteroatoms. The van der Waals surface area contributed by atoms with Crippen LogP contribution in [0.2, 0.25) is 0 Å². The maximum absolute atomic E-state index is 13.7. The van der Waals surface area contributed by atoms with Crippen LogP contribution < -0.4 is 9.64 Å². The lowest BCUT2D eigenvalue weighted by Crippen LogP contribution is -2.44. The molecule has 9 nitrogen and oxygen atoms in total. The van der Waals surface area contributed by atoms with Crippen LogP contribution in [0.1, 0.15) is 18.4 Å². The number of pyridine rings is 1. The predicted molar refractivity (Wildman–Crippen MR) is 153 cm³/mol. The lowest BCUT2D eigenvalue weighted by Gasteiger charge is -2.33. The van der Waals surface area contributed by atoms with Crippen LogP contribution in [-0.2, 0) is 14.8 Å². The molecule has 0 amide bonds. The highest BCUT2D eigenvalue weighted by Crippen LogP contribution is 2.36. The van der Waals surface area contributed by atoms with Crippen molar-refractivity contribution in [2.24, 2.45) is 0 Å². The maximum Gasteiger partial charge on any atom is 0.269 e. The van der Waals surface area contributed by atoms with Gasteiger partial charge in [-0.1, -0.05) is 24.3 Å². The number of benzene rings is 2. The number of anilines is 1. The molecule has 2 aromatic heterocycles. The van der Waals surface area contributed by atoms with Gasteiger partial charge in [0, 0.05) is 56.2 Å². The van der Waals surface area contributed by atoms with Crippen LogP contribution in [-0.4, -0.2) is 74.8 Å². The number of nitrogens with zero attached hydrogens (tertiary/aromatic N) is 5. The number of hydrogen-bond acceptors (Lipinski definition) is 8. The number of nitriles is 1. The SMILES string of the molecule is CN1CCN(c2cnc3c(c2)c(-c2ccc(OC4CCOCC4)c(C#N)c2)cn3S(=O)(=O)c2ccccc2)CC1. The zero-order valence-corrected chi connectivity index (χ0v) is 23.2. The molecule has 0 radical (unpaired) electrons. The van der Waals surface area contributed by atoms with Crippen LogP contribution in [0.4, 0.5) is 5.69 Å². The van der Waals surface area contributed by atoms with E-state index in [2.05, 4.69) is 27.9 Å². The minimum atomic E-state index is -3.91. The summed E-state index contributed by atoms with van der Waals surface area (Å²) in [6, 6.07) is 18.1. The topological polar surface area (TPSA) is 101 Å². The van der Waals surface area contributed by atoms with E-state index in [1.807, 2.05) is 12.1 Å². The Labute approximate surface area is 234 Å². The van der Waals surface area contributed by atoms with Crippen molar-refractivity contribution in [1.82, 2.24) is 13.9 Å². The van der Waals surface area contributed by atoms with E-state index in [0.717, 1.165) is 50.3 Å². The Bertz CT molecular complexity index is 1670. The number of likely N-dealkylation sites (N-methyl/N-ethyl adjacent to an activating group) is 1. The van der Waals surface area contributed by atoms with Gasteiger partial charge in [-0.3, -0.25) is 0 Å². The van der Waals surface area contributed by atoms with Crippen molar-refractivity contribution < 1.29 is 17.9 Å². The van der Waals surface area contributed by atoms with Gasteiger partial charge in [-0.2, -0.15) is 5.26 Å². The van der Waals surface area contributed by atoms with E-state index in [4.69, 9.17) is 9.47 Å². The van der Waals surface area contributed by atoms with Crippen LogP contribution in [0.3, 0.4) is 0 Å². The molecule has 2 aromatic carbocycles. The van der Waals surface area contributed by atoms with Gasteiger partial charge in [0.1, 0.15) is 17.9 Å². The van der Waals surface area contributed by atoms with Crippen LogP contribution >= 0.6 is 0 Å². The highest BCUT2D eigenvalue weighted by Gasteiger charge is 2.25. The Kier molecular flexibility index (Phi) is 7.19. The summed E-state index contributed by atoms with van der Waals surface area (Å²) < 4.78 is 40.3. The van der Waals surface area contributed by atoms with E-state index in [0.29, 0.717) is 41.1 Å². The van der Waals surface area contributed by atoms with Gasteiger partial charge in [0.15, 0.2) is 5.65 Å². The van der Waals surface area contributed by atoms with Gasteiger partial charge in [0.25, 0.3) is 10.0 Å². The van der Waals surface area contributed by atoms with Crippen molar-refractivity contribution in [3.05, 3.63) is 72.6 Å². The van der Waals surface area contributed by atoms with Crippen LogP contribution in [0.5, 0.6) is 5.75 Å². The molecule has 0 aliphatic carbocycles. The Morgan fingerprint density at radius 2 is 1.77 bits per heavy atom. The van der Waals surface area contributed by atoms with Gasteiger partial charge in [-0.15, -0.1) is 0 Å². The Balaban J connectivity index is 1.46. The van der Waals surface area contributed by atoms with E-state index < -0.39 is 10.0 Å². The predicted octanol–water partition coefficient (Wildman–Crippen LogP) is 4.12. The van der Waals surface area contributed by atoms with E-state index in [9.17, 15) is 13.7 Å². The molecule has 4 aromatic rings. The smallest absolute Gasteiger partial charge is 0.269 e. The minimum absolute atomic E-state index is 0.0000232. The molecular formula is C30H31N5O4S. The van der Waals surface area contributed by atoms with Gasteiger partial charge in [0.2, 0.25) is 0 Å². The second-order valence-corrected chi connectivity index (χ2v) is 12.1. The molecule has 2 aliphatic heterocycles. The molecule has 0 N–H and O–H groups in total. The normalized spacial score (nSPS) is 17.1. The van der Waals surface area contributed by atoms with E-state index in [1.54, 1.807) is 54.9 Å². The van der Waals surface area contributed by atoms with Gasteiger partial charge in [0.05, 0.1) is 35.6 Å². The van der Waals surface area contributed by atoms with Crippen molar-refractivity contribution in [2.45, 2.75) is 23.8 Å². The van der Waals surface area contributed by atoms with Gasteiger partial charge >= 0.3 is 0 Å². The summed E-state index contributed by atoms with van der Waals surface area (Å²) >= 11 is 0. The monoisotopic (exact) mass is 557 g/mol. The molecule has 0 unspecified atom stereocenters. The molecule has 2 saturated heterocycles. The average Bonchev–Trinajstić information content (AvgIpc) is 3.38. The zero-order valence-electron chi connectivity index (χ0n) is 22.4. The fourth-order valence-corrected chi connectivity index (χ4v) is 6.63. The fourth-order valence-electron chi connectivity index (χ4n) is 5.29. The van der Waals surface area contributed by atoms with Gasteiger partial charge < -0.3 is 19.3 Å². The quantitative estimate of drug-likeness (QED) is 0.349. The van der Waals surface area contributed by atoms with Crippen LogP contribution in [0.25, 0.3) is 22.2 Å². The Morgan fingerprint density at radius 3 is 2.50 bits per heavy atom. The van der Waals surface area contributed by atoms with Crippen molar-refractivity contribution in [2.75, 3.05) is 51.3 Å². The largest absolute Gasteiger partial charge is 0.489 e. The summed E-state index contributed by atoms with van der Waals surface area (Å²) in [6.07, 6.45) is 4.92. The number of hydrogen-bond donors (Lipinski definition) is 0. The van der Waals surface area contributed by atoms with Crippen LogP contribution in [0, 0.1) is 11.3 Å². The molecule has 206 valence electrons. The fraction of sp³-hybridized carbons (Fsp3) is 0.333. The third-order valence-corrected chi connectivity index (χ3v) is 9.30. The Hall–Kier alpha value is -3.91. The van der Waals surface area contributed by atoms with E-state index >= 15 is 0 Å². The average molecular weight is 558 g/mol. The van der Waals surface area contributed by atoms with Crippen molar-refractivity contribution in [3.8, 4) is 22.9 Å². The first-order valence-electron chi connectivity index (χ1n) is 13.5. The second kappa shape index (κ2) is 10.9. The van der Waals surface area contributed by atoms with Crippen molar-refractivity contribution >= 4 is 26.7 Å². The number of piperazine rings is 1. The third-order valence-electron chi connectivity index (χ3n) is 7.64. The first-order chi connectivity index (χ1) is 19.4. The third kappa shape index (κ3) is 5.04. The molecule has 0 spiro atoms. The molecular weight excluding hydrogens is 526 g/mol. The van der Waals surface area contributed by atoms with Crippen molar-refractivity contribution in [3.63, 3.8) is 0 Å². The van der Waals surface area contributed by atoms with Gasteiger partial charge in [-0.25, -0.2) is 17.4 Å². The van der Waals surface area contributed by atoms with Crippen molar-refractivity contribution in [1.29, 1.82) is 5.26 Å². The summed E-state index contributed by atoms with van der Waals surface area (Å²) in [6.45, 7) is 4.88. The number of ether oxygens (including phenoxy) is 2.